The summed E-state index contributed by atoms with van der Waals surface area (Å²) in [5.74, 6) is 0.361. The zero-order valence-corrected chi connectivity index (χ0v) is 13.3. The van der Waals surface area contributed by atoms with Crippen LogP contribution in [-0.4, -0.2) is 72.5 Å². The van der Waals surface area contributed by atoms with Crippen LogP contribution in [0.3, 0.4) is 0 Å². The minimum atomic E-state index is 0.361. The number of likely N-dealkylation sites (tertiary alicyclic amines) is 1. The average Bonchev–Trinajstić information content (AvgIpc) is 2.53. The minimum absolute atomic E-state index is 0.361. The Labute approximate surface area is 124 Å². The summed E-state index contributed by atoms with van der Waals surface area (Å²) in [5.41, 5.74) is 0. The summed E-state index contributed by atoms with van der Waals surface area (Å²) < 4.78 is 0. The van der Waals surface area contributed by atoms with E-state index in [4.69, 9.17) is 0 Å². The second-order valence-corrected chi connectivity index (χ2v) is 6.33. The number of nitrogens with zero attached hydrogens (tertiary/aromatic N) is 3. The molecule has 1 amide bonds. The Morgan fingerprint density at radius 3 is 2.25 bits per heavy atom. The first-order valence-electron chi connectivity index (χ1n) is 8.45. The molecule has 0 N–H and O–H groups in total. The predicted octanol–water partition coefficient (Wildman–Crippen LogP) is 1.81. The molecule has 116 valence electrons. The number of amides is 1. The number of piperazine rings is 1. The molecule has 4 nitrogen and oxygen atoms in total. The van der Waals surface area contributed by atoms with Crippen LogP contribution in [-0.2, 0) is 4.79 Å². The van der Waals surface area contributed by atoms with Crippen LogP contribution >= 0.6 is 0 Å². The molecule has 0 aromatic carbocycles. The molecule has 2 saturated heterocycles. The quantitative estimate of drug-likeness (QED) is 0.769. The maximum Gasteiger partial charge on any atom is 0.223 e. The van der Waals surface area contributed by atoms with E-state index in [1.54, 1.807) is 0 Å². The van der Waals surface area contributed by atoms with E-state index in [0.29, 0.717) is 18.4 Å². The third-order valence-electron chi connectivity index (χ3n) is 4.97. The fourth-order valence-electron chi connectivity index (χ4n) is 3.27. The third kappa shape index (κ3) is 4.45. The molecule has 0 aromatic rings. The first-order chi connectivity index (χ1) is 9.70. The fraction of sp³-hybridized carbons (Fsp3) is 0.938. The highest BCUT2D eigenvalue weighted by Crippen LogP contribution is 2.12. The summed E-state index contributed by atoms with van der Waals surface area (Å²) in [4.78, 5) is 19.3. The van der Waals surface area contributed by atoms with Crippen LogP contribution in [0.15, 0.2) is 0 Å². The van der Waals surface area contributed by atoms with Crippen molar-refractivity contribution in [2.24, 2.45) is 0 Å². The Balaban J connectivity index is 1.66. The van der Waals surface area contributed by atoms with Gasteiger partial charge in [-0.1, -0.05) is 13.3 Å². The first kappa shape index (κ1) is 15.8. The van der Waals surface area contributed by atoms with Crippen molar-refractivity contribution < 1.29 is 4.79 Å². The van der Waals surface area contributed by atoms with Gasteiger partial charge in [0.2, 0.25) is 5.91 Å². The van der Waals surface area contributed by atoms with Crippen LogP contribution in [0.2, 0.25) is 0 Å². The van der Waals surface area contributed by atoms with Gasteiger partial charge in [-0.05, 0) is 39.3 Å². The zero-order valence-electron chi connectivity index (χ0n) is 13.3. The SMILES string of the molecule is CCC(C)N1CCN(C(=O)CCN2CCCCC2)CC1. The molecule has 2 aliphatic heterocycles. The van der Waals surface area contributed by atoms with Gasteiger partial charge in [0.1, 0.15) is 0 Å². The molecule has 0 aliphatic carbocycles. The largest absolute Gasteiger partial charge is 0.340 e. The van der Waals surface area contributed by atoms with Gasteiger partial charge < -0.3 is 9.80 Å². The molecule has 2 heterocycles. The monoisotopic (exact) mass is 281 g/mol. The van der Waals surface area contributed by atoms with E-state index in [1.165, 1.54) is 38.8 Å². The molecule has 0 bridgehead atoms. The van der Waals surface area contributed by atoms with Crippen molar-refractivity contribution in [2.45, 2.75) is 52.0 Å². The molecule has 1 unspecified atom stereocenters. The highest BCUT2D eigenvalue weighted by Gasteiger charge is 2.23. The molecule has 20 heavy (non-hydrogen) atoms. The Hall–Kier alpha value is -0.610. The standard InChI is InChI=1S/C16H31N3O/c1-3-15(2)18-11-13-19(14-12-18)16(20)7-10-17-8-5-4-6-9-17/h15H,3-14H2,1-2H3. The zero-order chi connectivity index (χ0) is 14.4. The highest BCUT2D eigenvalue weighted by atomic mass is 16.2. The lowest BCUT2D eigenvalue weighted by molar-refractivity contribution is -0.133. The van der Waals surface area contributed by atoms with Crippen molar-refractivity contribution >= 4 is 5.91 Å². The van der Waals surface area contributed by atoms with E-state index in [2.05, 4.69) is 28.5 Å². The number of rotatable bonds is 5. The lowest BCUT2D eigenvalue weighted by Crippen LogP contribution is -2.51. The summed E-state index contributed by atoms with van der Waals surface area (Å²) >= 11 is 0. The van der Waals surface area contributed by atoms with Gasteiger partial charge in [0, 0.05) is 45.2 Å². The van der Waals surface area contributed by atoms with Crippen LogP contribution in [0.25, 0.3) is 0 Å². The lowest BCUT2D eigenvalue weighted by atomic mass is 10.1. The highest BCUT2D eigenvalue weighted by molar-refractivity contribution is 5.76. The summed E-state index contributed by atoms with van der Waals surface area (Å²) in [6.07, 6.45) is 5.89. The van der Waals surface area contributed by atoms with Crippen LogP contribution in [0.4, 0.5) is 0 Å². The van der Waals surface area contributed by atoms with Crippen LogP contribution in [0.1, 0.15) is 46.0 Å². The maximum absolute atomic E-state index is 12.3. The normalized spacial score (nSPS) is 23.8. The van der Waals surface area contributed by atoms with Gasteiger partial charge in [0.25, 0.3) is 0 Å². The van der Waals surface area contributed by atoms with Crippen LogP contribution in [0.5, 0.6) is 0 Å². The summed E-state index contributed by atoms with van der Waals surface area (Å²) in [6, 6.07) is 0.653. The van der Waals surface area contributed by atoms with Crippen LogP contribution < -0.4 is 0 Å². The molecule has 0 radical (unpaired) electrons. The molecule has 1 atom stereocenters. The molecule has 2 rings (SSSR count). The van der Waals surface area contributed by atoms with Crippen LogP contribution in [0, 0.1) is 0 Å². The molecular weight excluding hydrogens is 250 g/mol. The van der Waals surface area contributed by atoms with Crippen molar-refractivity contribution in [3.05, 3.63) is 0 Å². The third-order valence-corrected chi connectivity index (χ3v) is 4.97. The van der Waals surface area contributed by atoms with Gasteiger partial charge in [0.05, 0.1) is 0 Å². The molecule has 0 saturated carbocycles. The van der Waals surface area contributed by atoms with Gasteiger partial charge >= 0.3 is 0 Å². The van der Waals surface area contributed by atoms with Gasteiger partial charge in [-0.25, -0.2) is 0 Å². The van der Waals surface area contributed by atoms with E-state index in [-0.39, 0.29) is 0 Å². The number of carbonyl (C=O) groups is 1. The summed E-state index contributed by atoms with van der Waals surface area (Å²) in [7, 11) is 0. The number of carbonyl (C=O) groups excluding carboxylic acids is 1. The van der Waals surface area contributed by atoms with Gasteiger partial charge in [-0.3, -0.25) is 9.69 Å². The Kier molecular flexibility index (Phi) is 6.30. The van der Waals surface area contributed by atoms with Crippen molar-refractivity contribution in [3.8, 4) is 0 Å². The second-order valence-electron chi connectivity index (χ2n) is 6.33. The van der Waals surface area contributed by atoms with Gasteiger partial charge in [-0.2, -0.15) is 0 Å². The second kappa shape index (κ2) is 7.99. The maximum atomic E-state index is 12.3. The topological polar surface area (TPSA) is 26.8 Å². The Bertz CT molecular complexity index is 294. The Morgan fingerprint density at radius 1 is 1.00 bits per heavy atom. The van der Waals surface area contributed by atoms with Crippen molar-refractivity contribution in [2.75, 3.05) is 45.8 Å². The van der Waals surface area contributed by atoms with E-state index in [9.17, 15) is 4.79 Å². The van der Waals surface area contributed by atoms with E-state index >= 15 is 0 Å². The predicted molar refractivity (Wildman–Crippen MR) is 82.8 cm³/mol. The first-order valence-corrected chi connectivity index (χ1v) is 8.45. The lowest BCUT2D eigenvalue weighted by Gasteiger charge is -2.38. The van der Waals surface area contributed by atoms with Crippen molar-refractivity contribution in [3.63, 3.8) is 0 Å². The molecule has 4 heteroatoms. The summed E-state index contributed by atoms with van der Waals surface area (Å²) in [6.45, 7) is 11.8. The summed E-state index contributed by atoms with van der Waals surface area (Å²) in [5, 5.41) is 0. The van der Waals surface area contributed by atoms with Gasteiger partial charge in [-0.15, -0.1) is 0 Å². The van der Waals surface area contributed by atoms with E-state index in [0.717, 1.165) is 32.7 Å². The molecular formula is C16H31N3O. The smallest absolute Gasteiger partial charge is 0.223 e. The number of hydrogen-bond donors (Lipinski definition) is 0. The van der Waals surface area contributed by atoms with Gasteiger partial charge in [0.15, 0.2) is 0 Å². The molecule has 2 fully saturated rings. The van der Waals surface area contributed by atoms with E-state index in [1.807, 2.05) is 0 Å². The minimum Gasteiger partial charge on any atom is -0.340 e. The Morgan fingerprint density at radius 2 is 1.65 bits per heavy atom. The fourth-order valence-corrected chi connectivity index (χ4v) is 3.27. The van der Waals surface area contributed by atoms with Crippen molar-refractivity contribution in [1.29, 1.82) is 0 Å². The molecule has 0 spiro atoms. The number of piperidine rings is 1. The van der Waals surface area contributed by atoms with E-state index < -0.39 is 0 Å². The van der Waals surface area contributed by atoms with Crippen molar-refractivity contribution in [1.82, 2.24) is 14.7 Å². The average molecular weight is 281 g/mol. The number of hydrogen-bond acceptors (Lipinski definition) is 3. The molecule has 0 aromatic heterocycles. The molecule has 2 aliphatic rings.